The molecule has 1 N–H and O–H groups in total. The van der Waals surface area contributed by atoms with Crippen molar-refractivity contribution in [2.24, 2.45) is 0 Å². The molecule has 27 heavy (non-hydrogen) atoms. The highest BCUT2D eigenvalue weighted by Gasteiger charge is 2.34. The number of alkyl halides is 3. The van der Waals surface area contributed by atoms with Gasteiger partial charge in [-0.2, -0.15) is 13.2 Å². The Kier molecular flexibility index (Phi) is 6.12. The number of carboxylic acid groups (broad SMARTS) is 1. The molecule has 1 aliphatic heterocycles. The van der Waals surface area contributed by atoms with Gasteiger partial charge in [-0.3, -0.25) is 14.4 Å². The first kappa shape index (κ1) is 20.7. The zero-order chi connectivity index (χ0) is 20.4. The number of rotatable bonds is 6. The molecule has 148 valence electrons. The van der Waals surface area contributed by atoms with Crippen molar-refractivity contribution in [2.75, 3.05) is 18.0 Å². The molecule has 1 fully saturated rings. The summed E-state index contributed by atoms with van der Waals surface area (Å²) in [6.45, 7) is 3.47. The average Bonchev–Trinajstić information content (AvgIpc) is 2.99. The van der Waals surface area contributed by atoms with Gasteiger partial charge in [0, 0.05) is 36.8 Å². The molecule has 6 nitrogen and oxygen atoms in total. The van der Waals surface area contributed by atoms with Crippen LogP contribution in [0.1, 0.15) is 49.0 Å². The van der Waals surface area contributed by atoms with Crippen molar-refractivity contribution in [1.29, 1.82) is 0 Å². The molecule has 1 saturated heterocycles. The highest BCUT2D eigenvalue weighted by Crippen LogP contribution is 2.34. The number of aliphatic carboxylic acids is 1. The van der Waals surface area contributed by atoms with Gasteiger partial charge in [-0.25, -0.2) is 0 Å². The van der Waals surface area contributed by atoms with Gasteiger partial charge in [-0.05, 0) is 38.5 Å². The Morgan fingerprint density at radius 1 is 1.26 bits per heavy atom. The smallest absolute Gasteiger partial charge is 0.416 e. The van der Waals surface area contributed by atoms with Crippen molar-refractivity contribution in [3.8, 4) is 0 Å². The maximum Gasteiger partial charge on any atom is 0.416 e. The Morgan fingerprint density at radius 2 is 1.93 bits per heavy atom. The van der Waals surface area contributed by atoms with E-state index in [-0.39, 0.29) is 36.5 Å². The lowest BCUT2D eigenvalue weighted by Crippen LogP contribution is -2.38. The average molecular weight is 386 g/mol. The first-order valence-electron chi connectivity index (χ1n) is 8.56. The van der Waals surface area contributed by atoms with Crippen LogP contribution in [0.4, 0.5) is 18.9 Å². The molecule has 1 aliphatic rings. The lowest BCUT2D eigenvalue weighted by atomic mass is 10.1. The van der Waals surface area contributed by atoms with Crippen molar-refractivity contribution in [1.82, 2.24) is 4.90 Å². The molecule has 0 spiro atoms. The number of carbonyl (C=O) groups is 3. The molecule has 0 bridgehead atoms. The minimum absolute atomic E-state index is 0.0256. The fourth-order valence-electron chi connectivity index (χ4n) is 2.95. The van der Waals surface area contributed by atoms with Crippen LogP contribution in [0.5, 0.6) is 0 Å². The zero-order valence-electron chi connectivity index (χ0n) is 15.0. The molecule has 0 atom stereocenters. The minimum Gasteiger partial charge on any atom is -0.481 e. The summed E-state index contributed by atoms with van der Waals surface area (Å²) in [5.74, 6) is -2.11. The first-order valence-corrected chi connectivity index (χ1v) is 8.56. The van der Waals surface area contributed by atoms with E-state index >= 15 is 0 Å². The van der Waals surface area contributed by atoms with Gasteiger partial charge < -0.3 is 14.9 Å². The van der Waals surface area contributed by atoms with Crippen LogP contribution in [-0.4, -0.2) is 46.9 Å². The standard InChI is InChI=1S/C18H21F3N2O4/c1-11(2)22(7-5-16(25)26)17(27)12-8-13(18(19,20)21)10-14(9-12)23-6-3-4-15(23)24/h8-11H,3-7H2,1-2H3,(H,25,26). The molecule has 1 aromatic carbocycles. The summed E-state index contributed by atoms with van der Waals surface area (Å²) in [7, 11) is 0. The van der Waals surface area contributed by atoms with E-state index in [9.17, 15) is 27.6 Å². The number of anilines is 1. The fourth-order valence-corrected chi connectivity index (χ4v) is 2.95. The van der Waals surface area contributed by atoms with Gasteiger partial charge in [-0.15, -0.1) is 0 Å². The van der Waals surface area contributed by atoms with E-state index in [0.717, 1.165) is 12.1 Å². The number of hydrogen-bond acceptors (Lipinski definition) is 3. The molecule has 0 unspecified atom stereocenters. The van der Waals surface area contributed by atoms with Crippen LogP contribution in [0.15, 0.2) is 18.2 Å². The van der Waals surface area contributed by atoms with Gasteiger partial charge in [0.2, 0.25) is 5.91 Å². The number of amides is 2. The van der Waals surface area contributed by atoms with E-state index in [0.29, 0.717) is 13.0 Å². The second kappa shape index (κ2) is 7.98. The normalized spacial score (nSPS) is 14.7. The van der Waals surface area contributed by atoms with E-state index in [4.69, 9.17) is 5.11 Å². The Hall–Kier alpha value is -2.58. The van der Waals surface area contributed by atoms with Crippen molar-refractivity contribution in [2.45, 2.75) is 45.3 Å². The maximum atomic E-state index is 13.3. The Morgan fingerprint density at radius 3 is 2.41 bits per heavy atom. The molecular formula is C18H21F3N2O4. The van der Waals surface area contributed by atoms with Crippen LogP contribution in [0.25, 0.3) is 0 Å². The number of carbonyl (C=O) groups excluding carboxylic acids is 2. The predicted octanol–water partition coefficient (Wildman–Crippen LogP) is 3.16. The number of halogens is 3. The number of hydrogen-bond donors (Lipinski definition) is 1. The largest absolute Gasteiger partial charge is 0.481 e. The van der Waals surface area contributed by atoms with Crippen molar-refractivity contribution < 1.29 is 32.7 Å². The predicted molar refractivity (Wildman–Crippen MR) is 91.5 cm³/mol. The topological polar surface area (TPSA) is 77.9 Å². The molecule has 0 saturated carbocycles. The highest BCUT2D eigenvalue weighted by molar-refractivity contribution is 5.99. The molecule has 1 heterocycles. The van der Waals surface area contributed by atoms with Crippen LogP contribution in [0.3, 0.4) is 0 Å². The van der Waals surface area contributed by atoms with Gasteiger partial charge in [0.05, 0.1) is 12.0 Å². The Bertz CT molecular complexity index is 747. The molecule has 9 heteroatoms. The van der Waals surface area contributed by atoms with Crippen LogP contribution in [0, 0.1) is 0 Å². The summed E-state index contributed by atoms with van der Waals surface area (Å²) in [5.41, 5.74) is -1.22. The van der Waals surface area contributed by atoms with Crippen LogP contribution >= 0.6 is 0 Å². The molecule has 2 rings (SSSR count). The molecule has 0 aliphatic carbocycles. The first-order chi connectivity index (χ1) is 12.5. The summed E-state index contributed by atoms with van der Waals surface area (Å²) in [5, 5.41) is 8.83. The second-order valence-electron chi connectivity index (χ2n) is 6.65. The number of benzene rings is 1. The summed E-state index contributed by atoms with van der Waals surface area (Å²) in [4.78, 5) is 38.0. The molecule has 2 amide bonds. The van der Waals surface area contributed by atoms with Gasteiger partial charge in [0.1, 0.15) is 0 Å². The van der Waals surface area contributed by atoms with Crippen molar-refractivity contribution >= 4 is 23.5 Å². The van der Waals surface area contributed by atoms with E-state index in [1.165, 1.54) is 15.9 Å². The summed E-state index contributed by atoms with van der Waals surface area (Å²) in [6, 6.07) is 2.46. The Balaban J connectivity index is 2.45. The summed E-state index contributed by atoms with van der Waals surface area (Å²) < 4.78 is 39.9. The minimum atomic E-state index is -4.68. The molecule has 0 aromatic heterocycles. The summed E-state index contributed by atoms with van der Waals surface area (Å²) in [6.07, 6.45) is -4.22. The SMILES string of the molecule is CC(C)N(CCC(=O)O)C(=O)c1cc(N2CCCC2=O)cc(C(F)(F)F)c1. The zero-order valence-corrected chi connectivity index (χ0v) is 15.0. The van der Waals surface area contributed by atoms with Crippen molar-refractivity contribution in [3.05, 3.63) is 29.3 Å². The molecular weight excluding hydrogens is 365 g/mol. The van der Waals surface area contributed by atoms with Gasteiger partial charge in [0.15, 0.2) is 0 Å². The summed E-state index contributed by atoms with van der Waals surface area (Å²) >= 11 is 0. The number of carboxylic acids is 1. The third-order valence-electron chi connectivity index (χ3n) is 4.33. The lowest BCUT2D eigenvalue weighted by Gasteiger charge is -2.27. The highest BCUT2D eigenvalue weighted by atomic mass is 19.4. The third kappa shape index (κ3) is 4.99. The molecule has 0 radical (unpaired) electrons. The molecule has 1 aromatic rings. The Labute approximate surface area is 154 Å². The van der Waals surface area contributed by atoms with Crippen LogP contribution in [0.2, 0.25) is 0 Å². The maximum absolute atomic E-state index is 13.3. The van der Waals surface area contributed by atoms with E-state index < -0.39 is 29.7 Å². The third-order valence-corrected chi connectivity index (χ3v) is 4.33. The lowest BCUT2D eigenvalue weighted by molar-refractivity contribution is -0.138. The van der Waals surface area contributed by atoms with Crippen LogP contribution < -0.4 is 4.90 Å². The van der Waals surface area contributed by atoms with Crippen LogP contribution in [-0.2, 0) is 15.8 Å². The van der Waals surface area contributed by atoms with Crippen molar-refractivity contribution in [3.63, 3.8) is 0 Å². The van der Waals surface area contributed by atoms with Gasteiger partial charge >= 0.3 is 12.1 Å². The van der Waals surface area contributed by atoms with E-state index in [1.54, 1.807) is 13.8 Å². The quantitative estimate of drug-likeness (QED) is 0.815. The second-order valence-corrected chi connectivity index (χ2v) is 6.65. The monoisotopic (exact) mass is 386 g/mol. The number of nitrogens with zero attached hydrogens (tertiary/aromatic N) is 2. The van der Waals surface area contributed by atoms with Gasteiger partial charge in [0.25, 0.3) is 5.91 Å². The van der Waals surface area contributed by atoms with Gasteiger partial charge in [-0.1, -0.05) is 0 Å². The van der Waals surface area contributed by atoms with E-state index in [1.807, 2.05) is 0 Å². The fraction of sp³-hybridized carbons (Fsp3) is 0.500. The van der Waals surface area contributed by atoms with E-state index in [2.05, 4.69) is 0 Å².